The van der Waals surface area contributed by atoms with Crippen molar-refractivity contribution in [1.29, 1.82) is 0 Å². The molecular weight excluding hydrogens is 250 g/mol. The minimum atomic E-state index is -0.700. The van der Waals surface area contributed by atoms with Gasteiger partial charge in [-0.25, -0.2) is 9.78 Å². The summed E-state index contributed by atoms with van der Waals surface area (Å²) in [5.41, 5.74) is -0.700. The summed E-state index contributed by atoms with van der Waals surface area (Å²) in [6.45, 7) is 2.07. The van der Waals surface area contributed by atoms with Crippen molar-refractivity contribution in [3.63, 3.8) is 0 Å². The van der Waals surface area contributed by atoms with Gasteiger partial charge in [-0.2, -0.15) is 0 Å². The Morgan fingerprint density at radius 1 is 1.62 bits per heavy atom. The van der Waals surface area contributed by atoms with E-state index < -0.39 is 11.4 Å². The number of aromatic nitrogens is 1. The molecule has 1 atom stereocenters. The maximum Gasteiger partial charge on any atom is 0.358 e. The Labute approximate surface area is 103 Å². The Balaban J connectivity index is 2.62. The van der Waals surface area contributed by atoms with E-state index in [2.05, 4.69) is 4.98 Å². The zero-order valence-electron chi connectivity index (χ0n) is 8.97. The lowest BCUT2D eigenvalue weighted by molar-refractivity contribution is -0.147. The first-order valence-corrected chi connectivity index (χ1v) is 6.31. The first kappa shape index (κ1) is 13.1. The molecule has 0 saturated carbocycles. The number of hydrogen-bond acceptors (Lipinski definition) is 5. The second-order valence-corrected chi connectivity index (χ2v) is 4.09. The smallest absolute Gasteiger partial charge is 0.358 e. The van der Waals surface area contributed by atoms with Gasteiger partial charge in [0.15, 0.2) is 0 Å². The van der Waals surface area contributed by atoms with Crippen LogP contribution in [0.4, 0.5) is 0 Å². The summed E-state index contributed by atoms with van der Waals surface area (Å²) in [6.07, 6.45) is 3.22. The number of pyridine rings is 1. The van der Waals surface area contributed by atoms with Gasteiger partial charge in [-0.3, -0.25) is 0 Å². The van der Waals surface area contributed by atoms with Crippen LogP contribution in [0.2, 0.25) is 5.02 Å². The molecule has 0 spiro atoms. The minimum absolute atomic E-state index is 0.327. The molecule has 88 valence electrons. The van der Waals surface area contributed by atoms with Crippen LogP contribution in [0.25, 0.3) is 0 Å². The Kier molecular flexibility index (Phi) is 5.42. The van der Waals surface area contributed by atoms with Gasteiger partial charge in [0.05, 0.1) is 11.6 Å². The van der Waals surface area contributed by atoms with Crippen LogP contribution >= 0.6 is 23.4 Å². The van der Waals surface area contributed by atoms with Crippen LogP contribution in [-0.2, 0) is 9.53 Å². The molecular formula is C10H12ClNO3S. The second kappa shape index (κ2) is 6.60. The molecule has 0 aliphatic rings. The molecule has 0 N–H and O–H groups in total. The number of esters is 1. The van der Waals surface area contributed by atoms with E-state index in [9.17, 15) is 4.79 Å². The first-order chi connectivity index (χ1) is 7.67. The number of thioether (sulfide) groups is 1. The third kappa shape index (κ3) is 3.90. The number of carbonyl (C=O) groups excluding carboxylic acids is 1. The van der Waals surface area contributed by atoms with Gasteiger partial charge in [-0.05, 0) is 19.2 Å². The normalized spacial score (nSPS) is 11.9. The van der Waals surface area contributed by atoms with E-state index in [1.165, 1.54) is 18.0 Å². The summed E-state index contributed by atoms with van der Waals surface area (Å²) in [5.74, 6) is -0.0662. The minimum Gasteiger partial charge on any atom is -0.463 e. The topological polar surface area (TPSA) is 48.4 Å². The number of hydrogen-bond donors (Lipinski definition) is 0. The van der Waals surface area contributed by atoms with Gasteiger partial charge in [0, 0.05) is 12.3 Å². The summed E-state index contributed by atoms with van der Waals surface area (Å²) in [4.78, 5) is 15.4. The van der Waals surface area contributed by atoms with Crippen molar-refractivity contribution in [3.8, 4) is 5.88 Å². The molecule has 1 heterocycles. The molecule has 0 aromatic carbocycles. The van der Waals surface area contributed by atoms with Crippen molar-refractivity contribution >= 4 is 29.3 Å². The molecule has 1 unspecified atom stereocenters. The number of ether oxygens (including phenoxy) is 2. The van der Waals surface area contributed by atoms with Crippen LogP contribution in [0.15, 0.2) is 18.3 Å². The van der Waals surface area contributed by atoms with Crippen LogP contribution in [0.3, 0.4) is 0 Å². The Bertz CT molecular complexity index is 344. The van der Waals surface area contributed by atoms with Crippen LogP contribution in [-0.4, -0.2) is 29.3 Å². The maximum absolute atomic E-state index is 11.4. The Morgan fingerprint density at radius 2 is 2.38 bits per heavy atom. The van der Waals surface area contributed by atoms with Gasteiger partial charge < -0.3 is 9.47 Å². The SMILES string of the molecule is CCOC(=O)C(Oc1ccc(Cl)cn1)SC. The molecule has 0 aliphatic heterocycles. The van der Waals surface area contributed by atoms with E-state index in [1.54, 1.807) is 25.3 Å². The quantitative estimate of drug-likeness (QED) is 0.602. The molecule has 0 aliphatic carbocycles. The van der Waals surface area contributed by atoms with E-state index in [4.69, 9.17) is 21.1 Å². The highest BCUT2D eigenvalue weighted by Crippen LogP contribution is 2.17. The molecule has 0 saturated heterocycles. The van der Waals surface area contributed by atoms with Crippen LogP contribution < -0.4 is 4.74 Å². The lowest BCUT2D eigenvalue weighted by Gasteiger charge is -2.14. The van der Waals surface area contributed by atoms with Gasteiger partial charge in [-0.15, -0.1) is 11.8 Å². The summed E-state index contributed by atoms with van der Waals surface area (Å²) in [7, 11) is 0. The second-order valence-electron chi connectivity index (χ2n) is 2.75. The molecule has 0 bridgehead atoms. The van der Waals surface area contributed by atoms with Gasteiger partial charge in [0.25, 0.3) is 0 Å². The number of nitrogens with zero attached hydrogens (tertiary/aromatic N) is 1. The fourth-order valence-corrected chi connectivity index (χ4v) is 1.51. The highest BCUT2D eigenvalue weighted by atomic mass is 35.5. The molecule has 16 heavy (non-hydrogen) atoms. The van der Waals surface area contributed by atoms with E-state index >= 15 is 0 Å². The van der Waals surface area contributed by atoms with Crippen molar-refractivity contribution in [3.05, 3.63) is 23.4 Å². The highest BCUT2D eigenvalue weighted by molar-refractivity contribution is 7.99. The summed E-state index contributed by atoms with van der Waals surface area (Å²) < 4.78 is 10.2. The number of rotatable bonds is 5. The zero-order chi connectivity index (χ0) is 12.0. The van der Waals surface area contributed by atoms with E-state index in [1.807, 2.05) is 0 Å². The molecule has 0 radical (unpaired) electrons. The largest absolute Gasteiger partial charge is 0.463 e. The van der Waals surface area contributed by atoms with E-state index in [0.717, 1.165) is 0 Å². The van der Waals surface area contributed by atoms with Crippen molar-refractivity contribution in [2.75, 3.05) is 12.9 Å². The van der Waals surface area contributed by atoms with Gasteiger partial charge in [0.1, 0.15) is 0 Å². The van der Waals surface area contributed by atoms with E-state index in [0.29, 0.717) is 17.5 Å². The van der Waals surface area contributed by atoms with Gasteiger partial charge in [-0.1, -0.05) is 11.6 Å². The maximum atomic E-state index is 11.4. The van der Waals surface area contributed by atoms with Crippen LogP contribution in [0.5, 0.6) is 5.88 Å². The third-order valence-corrected chi connectivity index (χ3v) is 2.56. The molecule has 6 heteroatoms. The predicted octanol–water partition coefficient (Wildman–Crippen LogP) is 2.37. The Morgan fingerprint density at radius 3 is 2.88 bits per heavy atom. The average molecular weight is 262 g/mol. The van der Waals surface area contributed by atoms with Crippen molar-refractivity contribution < 1.29 is 14.3 Å². The fourth-order valence-electron chi connectivity index (χ4n) is 0.944. The molecule has 4 nitrogen and oxygen atoms in total. The monoisotopic (exact) mass is 261 g/mol. The third-order valence-electron chi connectivity index (χ3n) is 1.62. The molecule has 1 aromatic heterocycles. The number of halogens is 1. The standard InChI is InChI=1S/C10H12ClNO3S/c1-3-14-9(13)10(16-2)15-8-5-4-7(11)6-12-8/h4-6,10H,3H2,1-2H3. The molecule has 0 fully saturated rings. The first-order valence-electron chi connectivity index (χ1n) is 4.65. The van der Waals surface area contributed by atoms with Crippen molar-refractivity contribution in [2.45, 2.75) is 12.4 Å². The van der Waals surface area contributed by atoms with Crippen molar-refractivity contribution in [2.24, 2.45) is 0 Å². The molecule has 0 amide bonds. The van der Waals surface area contributed by atoms with Crippen LogP contribution in [0, 0.1) is 0 Å². The number of carbonyl (C=O) groups is 1. The summed E-state index contributed by atoms with van der Waals surface area (Å²) >= 11 is 6.93. The average Bonchev–Trinajstić information content (AvgIpc) is 2.28. The predicted molar refractivity (Wildman–Crippen MR) is 63.8 cm³/mol. The Hall–Kier alpha value is -0.940. The van der Waals surface area contributed by atoms with Crippen LogP contribution in [0.1, 0.15) is 6.92 Å². The highest BCUT2D eigenvalue weighted by Gasteiger charge is 2.20. The van der Waals surface area contributed by atoms with E-state index in [-0.39, 0.29) is 0 Å². The summed E-state index contributed by atoms with van der Waals surface area (Å²) in [6, 6.07) is 3.25. The summed E-state index contributed by atoms with van der Waals surface area (Å²) in [5, 5.41) is 0.518. The lowest BCUT2D eigenvalue weighted by atomic mass is 10.5. The molecule has 1 aromatic rings. The van der Waals surface area contributed by atoms with Gasteiger partial charge >= 0.3 is 5.97 Å². The lowest BCUT2D eigenvalue weighted by Crippen LogP contribution is -2.26. The zero-order valence-corrected chi connectivity index (χ0v) is 10.5. The van der Waals surface area contributed by atoms with Crippen molar-refractivity contribution in [1.82, 2.24) is 4.98 Å². The van der Waals surface area contributed by atoms with Gasteiger partial charge in [0.2, 0.25) is 11.3 Å². The molecule has 1 rings (SSSR count). The fraction of sp³-hybridized carbons (Fsp3) is 0.400.